The number of nitrogens with one attached hydrogen (secondary N) is 1. The average molecular weight is 344 g/mol. The monoisotopic (exact) mass is 344 g/mol. The standard InChI is InChI=1S/C18H24N4O3/c1-17(2,3)25-16(24)21-10-7-18(8-11-21)6-4-12-14(18)20-13-5-9-19-22(13)15(12)23/h5,9,19H,4,6-8,10-11H2,1-3H3. The van der Waals surface area contributed by atoms with Gasteiger partial charge in [0.2, 0.25) is 0 Å². The number of rotatable bonds is 0. The zero-order valence-corrected chi connectivity index (χ0v) is 15.0. The van der Waals surface area contributed by atoms with Gasteiger partial charge in [0.15, 0.2) is 5.65 Å². The molecule has 0 bridgehead atoms. The summed E-state index contributed by atoms with van der Waals surface area (Å²) < 4.78 is 6.99. The van der Waals surface area contributed by atoms with Crippen LogP contribution in [0, 0.1) is 0 Å². The first kappa shape index (κ1) is 16.2. The zero-order valence-electron chi connectivity index (χ0n) is 15.0. The number of ether oxygens (including phenoxy) is 1. The van der Waals surface area contributed by atoms with Crippen LogP contribution in [0.5, 0.6) is 0 Å². The van der Waals surface area contributed by atoms with Crippen LogP contribution in [0.25, 0.3) is 5.65 Å². The van der Waals surface area contributed by atoms with Crippen LogP contribution in [0.3, 0.4) is 0 Å². The van der Waals surface area contributed by atoms with Gasteiger partial charge in [-0.2, -0.15) is 0 Å². The molecule has 1 fully saturated rings. The molecule has 1 spiro atoms. The second kappa shape index (κ2) is 5.34. The third-order valence-corrected chi connectivity index (χ3v) is 5.37. The third kappa shape index (κ3) is 2.62. The minimum atomic E-state index is -0.484. The molecule has 2 aliphatic rings. The fourth-order valence-corrected chi connectivity index (χ4v) is 4.07. The Balaban J connectivity index is 1.58. The number of aromatic nitrogens is 3. The number of fused-ring (bicyclic) bond motifs is 3. The molecule has 1 N–H and O–H groups in total. The SMILES string of the molecule is CC(C)(C)OC(=O)N1CCC2(CCc3c2nc2cc[nH]n2c3=O)CC1. The van der Waals surface area contributed by atoms with E-state index in [0.717, 1.165) is 36.9 Å². The van der Waals surface area contributed by atoms with Gasteiger partial charge in [-0.25, -0.2) is 14.3 Å². The van der Waals surface area contributed by atoms with Gasteiger partial charge in [-0.3, -0.25) is 9.89 Å². The highest BCUT2D eigenvalue weighted by atomic mass is 16.6. The lowest BCUT2D eigenvalue weighted by Crippen LogP contribution is -2.46. The minimum Gasteiger partial charge on any atom is -0.444 e. The number of amides is 1. The van der Waals surface area contributed by atoms with Gasteiger partial charge in [-0.05, 0) is 46.5 Å². The molecule has 2 aromatic heterocycles. The van der Waals surface area contributed by atoms with Crippen LogP contribution in [-0.4, -0.2) is 44.3 Å². The van der Waals surface area contributed by atoms with E-state index >= 15 is 0 Å². The first-order valence-corrected chi connectivity index (χ1v) is 8.87. The summed E-state index contributed by atoms with van der Waals surface area (Å²) in [4.78, 5) is 31.5. The summed E-state index contributed by atoms with van der Waals surface area (Å²) in [5.74, 6) is 0. The predicted octanol–water partition coefficient (Wildman–Crippen LogP) is 2.24. The lowest BCUT2D eigenvalue weighted by Gasteiger charge is -2.39. The van der Waals surface area contributed by atoms with Crippen LogP contribution < -0.4 is 5.56 Å². The molecule has 7 nitrogen and oxygen atoms in total. The van der Waals surface area contributed by atoms with Crippen molar-refractivity contribution < 1.29 is 9.53 Å². The number of H-pyrrole nitrogens is 1. The molecular weight excluding hydrogens is 320 g/mol. The number of hydrogen-bond donors (Lipinski definition) is 1. The minimum absolute atomic E-state index is 0.0106. The Morgan fingerprint density at radius 3 is 2.68 bits per heavy atom. The number of hydrogen-bond acceptors (Lipinski definition) is 4. The van der Waals surface area contributed by atoms with E-state index in [1.807, 2.05) is 26.8 Å². The molecule has 25 heavy (non-hydrogen) atoms. The van der Waals surface area contributed by atoms with Crippen molar-refractivity contribution in [3.8, 4) is 0 Å². The molecular formula is C18H24N4O3. The van der Waals surface area contributed by atoms with Gasteiger partial charge < -0.3 is 9.64 Å². The fourth-order valence-electron chi connectivity index (χ4n) is 4.07. The van der Waals surface area contributed by atoms with Crippen molar-refractivity contribution in [1.29, 1.82) is 0 Å². The molecule has 1 amide bonds. The Bertz CT molecular complexity index is 882. The van der Waals surface area contributed by atoms with Gasteiger partial charge in [-0.1, -0.05) is 0 Å². The van der Waals surface area contributed by atoms with E-state index in [4.69, 9.17) is 9.72 Å². The van der Waals surface area contributed by atoms with Crippen molar-refractivity contribution in [3.63, 3.8) is 0 Å². The van der Waals surface area contributed by atoms with Crippen LogP contribution in [-0.2, 0) is 16.6 Å². The summed E-state index contributed by atoms with van der Waals surface area (Å²) in [6, 6.07) is 1.82. The lowest BCUT2D eigenvalue weighted by atomic mass is 9.76. The van der Waals surface area contributed by atoms with Crippen molar-refractivity contribution >= 4 is 11.7 Å². The highest BCUT2D eigenvalue weighted by Crippen LogP contribution is 2.44. The van der Waals surface area contributed by atoms with Gasteiger partial charge in [-0.15, -0.1) is 0 Å². The topological polar surface area (TPSA) is 79.7 Å². The van der Waals surface area contributed by atoms with E-state index in [-0.39, 0.29) is 17.1 Å². The van der Waals surface area contributed by atoms with Gasteiger partial charge in [0, 0.05) is 36.3 Å². The van der Waals surface area contributed by atoms with E-state index in [2.05, 4.69) is 5.10 Å². The summed E-state index contributed by atoms with van der Waals surface area (Å²) in [6.45, 7) is 6.92. The number of carbonyl (C=O) groups is 1. The van der Waals surface area contributed by atoms with E-state index in [1.54, 1.807) is 11.1 Å². The quantitative estimate of drug-likeness (QED) is 0.795. The number of aromatic amines is 1. The summed E-state index contributed by atoms with van der Waals surface area (Å²) in [5, 5.41) is 2.92. The summed E-state index contributed by atoms with van der Waals surface area (Å²) in [7, 11) is 0. The van der Waals surface area contributed by atoms with Gasteiger partial charge in [0.1, 0.15) is 5.60 Å². The molecule has 0 saturated carbocycles. The zero-order chi connectivity index (χ0) is 17.8. The second-order valence-corrected chi connectivity index (χ2v) is 8.15. The number of carbonyl (C=O) groups excluding carboxylic acids is 1. The maximum absolute atomic E-state index is 12.6. The van der Waals surface area contributed by atoms with E-state index < -0.39 is 5.60 Å². The van der Waals surface area contributed by atoms with Gasteiger partial charge >= 0.3 is 6.09 Å². The number of likely N-dealkylation sites (tertiary alicyclic amines) is 1. The van der Waals surface area contributed by atoms with Crippen molar-refractivity contribution in [2.75, 3.05) is 13.1 Å². The molecule has 1 saturated heterocycles. The molecule has 7 heteroatoms. The molecule has 2 aromatic rings. The molecule has 0 radical (unpaired) electrons. The predicted molar refractivity (Wildman–Crippen MR) is 92.9 cm³/mol. The number of piperidine rings is 1. The number of nitrogens with zero attached hydrogens (tertiary/aromatic N) is 3. The average Bonchev–Trinajstić information content (AvgIpc) is 3.13. The summed E-state index contributed by atoms with van der Waals surface area (Å²) in [6.07, 6.45) is 4.82. The highest BCUT2D eigenvalue weighted by molar-refractivity contribution is 5.68. The maximum Gasteiger partial charge on any atom is 0.410 e. The molecule has 1 aliphatic carbocycles. The van der Waals surface area contributed by atoms with Crippen LogP contribution >= 0.6 is 0 Å². The summed E-state index contributed by atoms with van der Waals surface area (Å²) >= 11 is 0. The van der Waals surface area contributed by atoms with E-state index in [0.29, 0.717) is 18.7 Å². The molecule has 0 atom stereocenters. The van der Waals surface area contributed by atoms with Crippen LogP contribution in [0.1, 0.15) is 51.3 Å². The molecule has 0 unspecified atom stereocenters. The van der Waals surface area contributed by atoms with Crippen molar-refractivity contribution in [3.05, 3.63) is 33.9 Å². The van der Waals surface area contributed by atoms with Gasteiger partial charge in [0.05, 0.1) is 5.69 Å². The maximum atomic E-state index is 12.6. The smallest absolute Gasteiger partial charge is 0.410 e. The molecule has 134 valence electrons. The largest absolute Gasteiger partial charge is 0.444 e. The van der Waals surface area contributed by atoms with Crippen molar-refractivity contribution in [1.82, 2.24) is 19.5 Å². The van der Waals surface area contributed by atoms with Crippen LogP contribution in [0.4, 0.5) is 4.79 Å². The van der Waals surface area contributed by atoms with E-state index in [1.165, 1.54) is 4.52 Å². The Hall–Kier alpha value is -2.31. The molecule has 0 aromatic carbocycles. The van der Waals surface area contributed by atoms with Crippen molar-refractivity contribution in [2.45, 2.75) is 57.5 Å². The molecule has 1 aliphatic heterocycles. The lowest BCUT2D eigenvalue weighted by molar-refractivity contribution is 0.0162. The van der Waals surface area contributed by atoms with E-state index in [9.17, 15) is 9.59 Å². The Morgan fingerprint density at radius 2 is 2.00 bits per heavy atom. The first-order valence-electron chi connectivity index (χ1n) is 8.87. The Morgan fingerprint density at radius 1 is 1.28 bits per heavy atom. The van der Waals surface area contributed by atoms with Crippen molar-refractivity contribution in [2.24, 2.45) is 0 Å². The highest BCUT2D eigenvalue weighted by Gasteiger charge is 2.45. The second-order valence-electron chi connectivity index (χ2n) is 8.15. The first-order chi connectivity index (χ1) is 11.8. The fraction of sp³-hybridized carbons (Fsp3) is 0.611. The Kier molecular flexibility index (Phi) is 3.46. The molecule has 4 rings (SSSR count). The van der Waals surface area contributed by atoms with Crippen LogP contribution in [0.15, 0.2) is 17.1 Å². The molecule has 3 heterocycles. The Labute approximate surface area is 146 Å². The third-order valence-electron chi connectivity index (χ3n) is 5.37. The normalized spacial score (nSPS) is 19.4. The van der Waals surface area contributed by atoms with Crippen LogP contribution in [0.2, 0.25) is 0 Å². The van der Waals surface area contributed by atoms with Gasteiger partial charge in [0.25, 0.3) is 5.56 Å². The summed E-state index contributed by atoms with van der Waals surface area (Å²) in [5.41, 5.74) is 1.88.